The molecule has 0 spiro atoms. The van der Waals surface area contributed by atoms with Gasteiger partial charge in [0, 0.05) is 52.0 Å². The molecule has 1 aliphatic heterocycles. The molecule has 1 aromatic heterocycles. The van der Waals surface area contributed by atoms with Crippen molar-refractivity contribution in [1.82, 2.24) is 20.5 Å². The molecule has 1 aliphatic rings. The molecular formula is C22H32FIN6O. The van der Waals surface area contributed by atoms with E-state index in [0.717, 1.165) is 37.6 Å². The zero-order valence-corrected chi connectivity index (χ0v) is 20.7. The van der Waals surface area contributed by atoms with Crippen LogP contribution in [0.15, 0.2) is 47.6 Å². The number of anilines is 1. The lowest BCUT2D eigenvalue weighted by Crippen LogP contribution is -2.44. The van der Waals surface area contributed by atoms with Gasteiger partial charge in [0.05, 0.1) is 6.54 Å². The summed E-state index contributed by atoms with van der Waals surface area (Å²) in [7, 11) is 3.88. The number of ether oxygens (including phenoxy) is 1. The summed E-state index contributed by atoms with van der Waals surface area (Å²) in [5, 5.41) is 6.57. The third-order valence-electron chi connectivity index (χ3n) is 5.01. The van der Waals surface area contributed by atoms with Gasteiger partial charge >= 0.3 is 0 Å². The number of aliphatic imine (C=N–C) groups is 1. The van der Waals surface area contributed by atoms with Gasteiger partial charge in [-0.2, -0.15) is 0 Å². The van der Waals surface area contributed by atoms with E-state index < -0.39 is 0 Å². The second kappa shape index (κ2) is 12.7. The number of guanidine groups is 1. The molecule has 170 valence electrons. The van der Waals surface area contributed by atoms with Crippen molar-refractivity contribution < 1.29 is 9.13 Å². The Morgan fingerprint density at radius 2 is 1.97 bits per heavy atom. The average molecular weight is 542 g/mol. The molecule has 2 N–H and O–H groups in total. The Labute approximate surface area is 201 Å². The third kappa shape index (κ3) is 8.13. The molecule has 1 aromatic carbocycles. The van der Waals surface area contributed by atoms with Crippen LogP contribution < -0.4 is 20.3 Å². The predicted octanol–water partition coefficient (Wildman–Crippen LogP) is 2.72. The van der Waals surface area contributed by atoms with Crippen LogP contribution in [0.2, 0.25) is 0 Å². The van der Waals surface area contributed by atoms with Gasteiger partial charge in [-0.1, -0.05) is 6.07 Å². The van der Waals surface area contributed by atoms with Gasteiger partial charge in [-0.05, 0) is 43.8 Å². The minimum Gasteiger partial charge on any atom is -0.489 e. The molecule has 7 nitrogen and oxygen atoms in total. The number of benzene rings is 1. The standard InChI is InChI=1S/C22H31FN6O.HI/c1-17(30-20-6-4-5-19(23)14-20)15-26-22(24-2)27-16-18-7-8-25-21(13-18)29-11-9-28(3)10-12-29;/h4-8,13-14,17H,9-12,15-16H2,1-3H3,(H2,24,26,27);1H. The summed E-state index contributed by atoms with van der Waals surface area (Å²) in [6.07, 6.45) is 1.71. The Kier molecular flexibility index (Phi) is 10.3. The van der Waals surface area contributed by atoms with Gasteiger partial charge in [-0.15, -0.1) is 24.0 Å². The number of rotatable bonds is 7. The highest BCUT2D eigenvalue weighted by atomic mass is 127. The fourth-order valence-electron chi connectivity index (χ4n) is 3.24. The van der Waals surface area contributed by atoms with Crippen molar-refractivity contribution in [3.05, 3.63) is 54.0 Å². The largest absolute Gasteiger partial charge is 0.489 e. The molecule has 0 saturated carbocycles. The first-order valence-electron chi connectivity index (χ1n) is 10.3. The van der Waals surface area contributed by atoms with Crippen LogP contribution in [-0.2, 0) is 6.54 Å². The van der Waals surface area contributed by atoms with Crippen molar-refractivity contribution in [2.75, 3.05) is 51.7 Å². The Morgan fingerprint density at radius 1 is 1.19 bits per heavy atom. The summed E-state index contributed by atoms with van der Waals surface area (Å²) in [5.41, 5.74) is 1.14. The molecule has 1 atom stereocenters. The number of hydrogen-bond acceptors (Lipinski definition) is 5. The van der Waals surface area contributed by atoms with Crippen molar-refractivity contribution in [3.8, 4) is 5.75 Å². The van der Waals surface area contributed by atoms with Crippen LogP contribution in [0.5, 0.6) is 5.75 Å². The van der Waals surface area contributed by atoms with Crippen molar-refractivity contribution in [2.24, 2.45) is 4.99 Å². The maximum Gasteiger partial charge on any atom is 0.191 e. The number of pyridine rings is 1. The second-order valence-corrected chi connectivity index (χ2v) is 7.51. The van der Waals surface area contributed by atoms with Gasteiger partial charge in [-0.25, -0.2) is 9.37 Å². The van der Waals surface area contributed by atoms with Gasteiger partial charge in [0.25, 0.3) is 0 Å². The summed E-state index contributed by atoms with van der Waals surface area (Å²) < 4.78 is 19.0. The highest BCUT2D eigenvalue weighted by Gasteiger charge is 2.15. The Bertz CT molecular complexity index is 844. The molecule has 0 amide bonds. The van der Waals surface area contributed by atoms with Crippen molar-refractivity contribution >= 4 is 35.8 Å². The Morgan fingerprint density at radius 3 is 2.68 bits per heavy atom. The van der Waals surface area contributed by atoms with E-state index >= 15 is 0 Å². The zero-order valence-electron chi connectivity index (χ0n) is 18.3. The first-order chi connectivity index (χ1) is 14.5. The van der Waals surface area contributed by atoms with Crippen molar-refractivity contribution in [3.63, 3.8) is 0 Å². The SMILES string of the molecule is CN=C(NCc1ccnc(N2CCN(C)CC2)c1)NCC(C)Oc1cccc(F)c1.I. The number of halogens is 2. The normalized spacial score (nSPS) is 15.7. The highest BCUT2D eigenvalue weighted by molar-refractivity contribution is 14.0. The topological polar surface area (TPSA) is 65.0 Å². The number of likely N-dealkylation sites (N-methyl/N-ethyl adjacent to an activating group) is 1. The summed E-state index contributed by atoms with van der Waals surface area (Å²) in [6, 6.07) is 10.3. The predicted molar refractivity (Wildman–Crippen MR) is 134 cm³/mol. The molecule has 31 heavy (non-hydrogen) atoms. The van der Waals surface area contributed by atoms with Crippen LogP contribution in [0.4, 0.5) is 10.2 Å². The summed E-state index contributed by atoms with van der Waals surface area (Å²) in [5.74, 6) is 1.91. The molecule has 3 rings (SSSR count). The maximum absolute atomic E-state index is 13.3. The number of nitrogens with zero attached hydrogens (tertiary/aromatic N) is 4. The molecule has 0 radical (unpaired) electrons. The van der Waals surface area contributed by atoms with Crippen LogP contribution in [0.3, 0.4) is 0 Å². The molecule has 0 aliphatic carbocycles. The number of nitrogens with one attached hydrogen (secondary N) is 2. The minimum absolute atomic E-state index is 0. The number of aromatic nitrogens is 1. The molecule has 2 aromatic rings. The van der Waals surface area contributed by atoms with Crippen LogP contribution in [0.25, 0.3) is 0 Å². The maximum atomic E-state index is 13.3. The van der Waals surface area contributed by atoms with E-state index in [9.17, 15) is 4.39 Å². The average Bonchev–Trinajstić information content (AvgIpc) is 2.74. The Hall–Kier alpha value is -2.14. The molecule has 1 fully saturated rings. The van der Waals surface area contributed by atoms with Crippen molar-refractivity contribution in [2.45, 2.75) is 19.6 Å². The van der Waals surface area contributed by atoms with E-state index in [-0.39, 0.29) is 35.9 Å². The molecule has 0 bridgehead atoms. The molecule has 9 heteroatoms. The van der Waals surface area contributed by atoms with Crippen molar-refractivity contribution in [1.29, 1.82) is 0 Å². The van der Waals surface area contributed by atoms with E-state index in [0.29, 0.717) is 24.8 Å². The molecule has 1 saturated heterocycles. The molecule has 2 heterocycles. The van der Waals surface area contributed by atoms with Gasteiger partial charge in [-0.3, -0.25) is 4.99 Å². The van der Waals surface area contributed by atoms with E-state index in [1.165, 1.54) is 12.1 Å². The Balaban J connectivity index is 0.00000341. The fraction of sp³-hybridized carbons (Fsp3) is 0.455. The third-order valence-corrected chi connectivity index (χ3v) is 5.01. The lowest BCUT2D eigenvalue weighted by atomic mass is 10.2. The highest BCUT2D eigenvalue weighted by Crippen LogP contribution is 2.15. The van der Waals surface area contributed by atoms with Crippen LogP contribution >= 0.6 is 24.0 Å². The van der Waals surface area contributed by atoms with Crippen LogP contribution in [0, 0.1) is 5.82 Å². The lowest BCUT2D eigenvalue weighted by molar-refractivity contribution is 0.223. The fourth-order valence-corrected chi connectivity index (χ4v) is 3.24. The molecule has 1 unspecified atom stereocenters. The number of hydrogen-bond donors (Lipinski definition) is 2. The molecular weight excluding hydrogens is 510 g/mol. The summed E-state index contributed by atoms with van der Waals surface area (Å²) in [4.78, 5) is 13.4. The van der Waals surface area contributed by atoms with Crippen LogP contribution in [-0.4, -0.2) is 68.8 Å². The zero-order chi connectivity index (χ0) is 21.3. The first kappa shape index (κ1) is 25.1. The summed E-state index contributed by atoms with van der Waals surface area (Å²) >= 11 is 0. The monoisotopic (exact) mass is 542 g/mol. The smallest absolute Gasteiger partial charge is 0.191 e. The van der Waals surface area contributed by atoms with Crippen LogP contribution in [0.1, 0.15) is 12.5 Å². The van der Waals surface area contributed by atoms with Gasteiger partial charge in [0.15, 0.2) is 5.96 Å². The van der Waals surface area contributed by atoms with Gasteiger partial charge in [0.1, 0.15) is 23.5 Å². The van der Waals surface area contributed by atoms with Gasteiger partial charge < -0.3 is 25.2 Å². The minimum atomic E-state index is -0.307. The van der Waals surface area contributed by atoms with E-state index in [1.807, 2.05) is 19.2 Å². The first-order valence-corrected chi connectivity index (χ1v) is 10.3. The lowest BCUT2D eigenvalue weighted by Gasteiger charge is -2.33. The summed E-state index contributed by atoms with van der Waals surface area (Å²) in [6.45, 7) is 7.20. The second-order valence-electron chi connectivity index (χ2n) is 7.51. The number of piperazine rings is 1. The van der Waals surface area contributed by atoms with E-state index in [4.69, 9.17) is 4.74 Å². The van der Waals surface area contributed by atoms with E-state index in [1.54, 1.807) is 19.2 Å². The van der Waals surface area contributed by atoms with E-state index in [2.05, 4.69) is 43.5 Å². The quantitative estimate of drug-likeness (QED) is 0.319. The van der Waals surface area contributed by atoms with Gasteiger partial charge in [0.2, 0.25) is 0 Å².